The Hall–Kier alpha value is -1.65. The van der Waals surface area contributed by atoms with Gasteiger partial charge in [0.05, 0.1) is 17.9 Å². The van der Waals surface area contributed by atoms with E-state index in [-0.39, 0.29) is 30.1 Å². The Labute approximate surface area is 136 Å². The van der Waals surface area contributed by atoms with Crippen LogP contribution in [0.15, 0.2) is 29.2 Å². The summed E-state index contributed by atoms with van der Waals surface area (Å²) in [5, 5.41) is 9.41. The molecule has 1 saturated heterocycles. The maximum Gasteiger partial charge on any atom is 0.393 e. The van der Waals surface area contributed by atoms with Crippen molar-refractivity contribution >= 4 is 16.0 Å². The van der Waals surface area contributed by atoms with E-state index < -0.39 is 34.1 Å². The number of alkyl halides is 3. The Kier molecular flexibility index (Phi) is 4.93. The molecule has 0 unspecified atom stereocenters. The van der Waals surface area contributed by atoms with Gasteiger partial charge in [-0.3, -0.25) is 4.79 Å². The Balaban J connectivity index is 2.31. The standard InChI is InChI=1S/C14H16F3NO5S/c1-18(13(12(19)20)6-7-23-9-13)24(21,22)11-4-2-10(3-5-11)8-14(15,16)17/h2-5H,6-9H2,1H3,(H,19,20)/t13-/m0/s1. The van der Waals surface area contributed by atoms with Crippen LogP contribution in [0, 0.1) is 0 Å². The minimum absolute atomic E-state index is 0.00970. The van der Waals surface area contributed by atoms with Gasteiger partial charge < -0.3 is 9.84 Å². The number of rotatable bonds is 5. The summed E-state index contributed by atoms with van der Waals surface area (Å²) in [5.74, 6) is -1.33. The second-order valence-electron chi connectivity index (χ2n) is 5.55. The number of sulfonamides is 1. The third kappa shape index (κ3) is 3.55. The number of carbonyl (C=O) groups is 1. The first-order chi connectivity index (χ1) is 11.0. The first kappa shape index (κ1) is 18.7. The van der Waals surface area contributed by atoms with Crippen LogP contribution in [0.25, 0.3) is 0 Å². The minimum atomic E-state index is -4.40. The lowest BCUT2D eigenvalue weighted by Gasteiger charge is -2.32. The van der Waals surface area contributed by atoms with E-state index in [2.05, 4.69) is 0 Å². The van der Waals surface area contributed by atoms with E-state index in [0.29, 0.717) is 4.31 Å². The van der Waals surface area contributed by atoms with E-state index in [1.165, 1.54) is 0 Å². The van der Waals surface area contributed by atoms with Gasteiger partial charge in [0.15, 0.2) is 5.54 Å². The molecule has 1 fully saturated rings. The normalized spacial score (nSPS) is 22.0. The molecule has 1 heterocycles. The largest absolute Gasteiger partial charge is 0.480 e. The fourth-order valence-corrected chi connectivity index (χ4v) is 3.98. The van der Waals surface area contributed by atoms with Gasteiger partial charge in [0, 0.05) is 20.1 Å². The summed E-state index contributed by atoms with van der Waals surface area (Å²) in [5.41, 5.74) is -1.80. The molecule has 24 heavy (non-hydrogen) atoms. The molecule has 1 atom stereocenters. The minimum Gasteiger partial charge on any atom is -0.480 e. The number of aliphatic carboxylic acids is 1. The van der Waals surface area contributed by atoms with E-state index in [1.807, 2.05) is 0 Å². The molecule has 0 aromatic heterocycles. The highest BCUT2D eigenvalue weighted by Gasteiger charge is 2.51. The molecule has 1 aromatic rings. The van der Waals surface area contributed by atoms with Gasteiger partial charge in [-0.25, -0.2) is 8.42 Å². The highest BCUT2D eigenvalue weighted by atomic mass is 32.2. The van der Waals surface area contributed by atoms with Crippen LogP contribution >= 0.6 is 0 Å². The maximum atomic E-state index is 12.6. The van der Waals surface area contributed by atoms with Crippen molar-refractivity contribution in [1.29, 1.82) is 0 Å². The predicted molar refractivity (Wildman–Crippen MR) is 77.0 cm³/mol. The van der Waals surface area contributed by atoms with Crippen molar-refractivity contribution < 1.29 is 36.2 Å². The van der Waals surface area contributed by atoms with Crippen LogP contribution in [0.1, 0.15) is 12.0 Å². The van der Waals surface area contributed by atoms with Gasteiger partial charge in [-0.1, -0.05) is 12.1 Å². The summed E-state index contributed by atoms with van der Waals surface area (Å²) in [6, 6.07) is 4.20. The maximum absolute atomic E-state index is 12.6. The number of nitrogens with zero attached hydrogens (tertiary/aromatic N) is 1. The molecule has 0 radical (unpaired) electrons. The second kappa shape index (κ2) is 6.34. The van der Waals surface area contributed by atoms with E-state index >= 15 is 0 Å². The average molecular weight is 367 g/mol. The average Bonchev–Trinajstić information content (AvgIpc) is 2.96. The Morgan fingerprint density at radius 1 is 1.33 bits per heavy atom. The van der Waals surface area contributed by atoms with Crippen molar-refractivity contribution in [3.05, 3.63) is 29.8 Å². The van der Waals surface area contributed by atoms with Crippen molar-refractivity contribution in [2.75, 3.05) is 20.3 Å². The second-order valence-corrected chi connectivity index (χ2v) is 7.52. The molecule has 1 N–H and O–H groups in total. The molecule has 1 aliphatic rings. The van der Waals surface area contributed by atoms with Gasteiger partial charge >= 0.3 is 12.1 Å². The molecule has 0 spiro atoms. The smallest absolute Gasteiger partial charge is 0.393 e. The van der Waals surface area contributed by atoms with Crippen LogP contribution in [0.3, 0.4) is 0 Å². The Morgan fingerprint density at radius 2 is 1.92 bits per heavy atom. The lowest BCUT2D eigenvalue weighted by molar-refractivity contribution is -0.147. The first-order valence-electron chi connectivity index (χ1n) is 6.95. The number of likely N-dealkylation sites (N-methyl/N-ethyl adjacent to an activating group) is 1. The van der Waals surface area contributed by atoms with Gasteiger partial charge in [0.1, 0.15) is 0 Å². The van der Waals surface area contributed by atoms with Crippen molar-refractivity contribution in [2.24, 2.45) is 0 Å². The molecule has 2 rings (SSSR count). The number of carboxylic acids is 1. The van der Waals surface area contributed by atoms with Crippen molar-refractivity contribution in [3.63, 3.8) is 0 Å². The Morgan fingerprint density at radius 3 is 2.33 bits per heavy atom. The van der Waals surface area contributed by atoms with Gasteiger partial charge in [0.25, 0.3) is 0 Å². The lowest BCUT2D eigenvalue weighted by atomic mass is 10.00. The van der Waals surface area contributed by atoms with Gasteiger partial charge in [-0.05, 0) is 17.7 Å². The number of halogens is 3. The quantitative estimate of drug-likeness (QED) is 0.856. The zero-order chi connectivity index (χ0) is 18.2. The highest BCUT2D eigenvalue weighted by Crippen LogP contribution is 2.31. The molecule has 1 aromatic carbocycles. The zero-order valence-electron chi connectivity index (χ0n) is 12.7. The monoisotopic (exact) mass is 367 g/mol. The third-order valence-corrected chi connectivity index (χ3v) is 5.93. The molecule has 0 saturated carbocycles. The molecule has 0 amide bonds. The molecular formula is C14H16F3NO5S. The fourth-order valence-electron chi connectivity index (χ4n) is 2.50. The van der Waals surface area contributed by atoms with Crippen LogP contribution in [0.2, 0.25) is 0 Å². The van der Waals surface area contributed by atoms with Crippen molar-refractivity contribution in [2.45, 2.75) is 29.5 Å². The molecule has 10 heteroatoms. The summed E-state index contributed by atoms with van der Waals surface area (Å²) in [6.07, 6.45) is -5.58. The topological polar surface area (TPSA) is 83.9 Å². The SMILES string of the molecule is CN([C@@]1(C(=O)O)CCOC1)S(=O)(=O)c1ccc(CC(F)(F)F)cc1. The highest BCUT2D eigenvalue weighted by molar-refractivity contribution is 7.89. The molecule has 0 aliphatic carbocycles. The number of hydrogen-bond donors (Lipinski definition) is 1. The van der Waals surface area contributed by atoms with Crippen LogP contribution in [-0.4, -0.2) is 55.8 Å². The molecule has 6 nitrogen and oxygen atoms in total. The van der Waals surface area contributed by atoms with Gasteiger partial charge in [-0.15, -0.1) is 0 Å². The molecular weight excluding hydrogens is 351 g/mol. The first-order valence-corrected chi connectivity index (χ1v) is 8.39. The van der Waals surface area contributed by atoms with Crippen LogP contribution in [-0.2, 0) is 26.0 Å². The van der Waals surface area contributed by atoms with Crippen molar-refractivity contribution in [3.8, 4) is 0 Å². The zero-order valence-corrected chi connectivity index (χ0v) is 13.5. The number of ether oxygens (including phenoxy) is 1. The van der Waals surface area contributed by atoms with Crippen LogP contribution in [0.5, 0.6) is 0 Å². The summed E-state index contributed by atoms with van der Waals surface area (Å²) >= 11 is 0. The fraction of sp³-hybridized carbons (Fsp3) is 0.500. The Bertz CT molecular complexity index is 709. The van der Waals surface area contributed by atoms with Crippen LogP contribution in [0.4, 0.5) is 13.2 Å². The predicted octanol–water partition coefficient (Wildman–Crippen LogP) is 1.66. The summed E-state index contributed by atoms with van der Waals surface area (Å²) in [4.78, 5) is 11.3. The summed E-state index contributed by atoms with van der Waals surface area (Å²) in [7, 11) is -3.07. The summed E-state index contributed by atoms with van der Waals surface area (Å²) in [6.45, 7) is -0.180. The van der Waals surface area contributed by atoms with Crippen LogP contribution < -0.4 is 0 Å². The van der Waals surface area contributed by atoms with E-state index in [0.717, 1.165) is 31.3 Å². The summed E-state index contributed by atoms with van der Waals surface area (Å²) < 4.78 is 68.0. The van der Waals surface area contributed by atoms with E-state index in [4.69, 9.17) is 4.74 Å². The van der Waals surface area contributed by atoms with E-state index in [1.54, 1.807) is 0 Å². The molecule has 1 aliphatic heterocycles. The third-order valence-electron chi connectivity index (χ3n) is 3.99. The number of hydrogen-bond acceptors (Lipinski definition) is 4. The van der Waals surface area contributed by atoms with Gasteiger partial charge in [-0.2, -0.15) is 17.5 Å². The molecule has 0 bridgehead atoms. The number of carboxylic acid groups (broad SMARTS) is 1. The number of benzene rings is 1. The van der Waals surface area contributed by atoms with Crippen molar-refractivity contribution in [1.82, 2.24) is 4.31 Å². The molecule has 134 valence electrons. The lowest BCUT2D eigenvalue weighted by Crippen LogP contribution is -2.55. The van der Waals surface area contributed by atoms with Gasteiger partial charge in [0.2, 0.25) is 10.0 Å². The van der Waals surface area contributed by atoms with E-state index in [9.17, 15) is 31.5 Å².